The van der Waals surface area contributed by atoms with Crippen LogP contribution in [0, 0.1) is 5.92 Å². The van der Waals surface area contributed by atoms with Crippen LogP contribution in [0.25, 0.3) is 0 Å². The average molecular weight is 430 g/mol. The predicted octanol–water partition coefficient (Wildman–Crippen LogP) is 3.48. The highest BCUT2D eigenvalue weighted by Crippen LogP contribution is 2.23. The largest absolute Gasteiger partial charge is 0.481 e. The number of benzene rings is 1. The van der Waals surface area contributed by atoms with Crippen LogP contribution in [-0.2, 0) is 24.2 Å². The Bertz CT molecular complexity index is 966. The van der Waals surface area contributed by atoms with E-state index in [0.717, 1.165) is 49.8 Å². The van der Waals surface area contributed by atoms with Gasteiger partial charge >= 0.3 is 0 Å². The number of halogens is 1. The van der Waals surface area contributed by atoms with Gasteiger partial charge in [0.2, 0.25) is 0 Å². The second kappa shape index (κ2) is 9.21. The number of aryl methyl sites for hydroxylation is 2. The Morgan fingerprint density at radius 1 is 1.23 bits per heavy atom. The molecule has 1 atom stereocenters. The number of fused-ring (bicyclic) bond motifs is 1. The van der Waals surface area contributed by atoms with E-state index in [4.69, 9.17) is 16.3 Å². The molecule has 0 saturated carbocycles. The van der Waals surface area contributed by atoms with Crippen molar-refractivity contribution in [2.75, 3.05) is 13.1 Å². The summed E-state index contributed by atoms with van der Waals surface area (Å²) in [6, 6.07) is 8.85. The average Bonchev–Trinajstić information content (AvgIpc) is 2.74. The summed E-state index contributed by atoms with van der Waals surface area (Å²) in [6.07, 6.45) is 5.38. The molecule has 1 fully saturated rings. The van der Waals surface area contributed by atoms with Crippen LogP contribution in [0.5, 0.6) is 5.75 Å². The first-order chi connectivity index (χ1) is 14.5. The van der Waals surface area contributed by atoms with Crippen LogP contribution < -0.4 is 10.3 Å². The quantitative estimate of drug-likeness (QED) is 0.729. The van der Waals surface area contributed by atoms with Crippen molar-refractivity contribution in [2.45, 2.75) is 58.1 Å². The van der Waals surface area contributed by atoms with E-state index in [1.54, 1.807) is 41.9 Å². The van der Waals surface area contributed by atoms with Gasteiger partial charge in [-0.3, -0.25) is 9.59 Å². The third-order valence-corrected chi connectivity index (χ3v) is 6.32. The van der Waals surface area contributed by atoms with Crippen LogP contribution >= 0.6 is 11.6 Å². The summed E-state index contributed by atoms with van der Waals surface area (Å²) in [7, 11) is 0. The zero-order valence-corrected chi connectivity index (χ0v) is 18.1. The third kappa shape index (κ3) is 4.86. The SMILES string of the molecule is CC(Oc1cccc(Cl)c1)C(=O)N1CCC(Cn2nc3c(cc2=O)CCCC3)CC1. The lowest BCUT2D eigenvalue weighted by Crippen LogP contribution is -2.45. The molecule has 7 heteroatoms. The number of amides is 1. The van der Waals surface area contributed by atoms with Crippen molar-refractivity contribution in [3.05, 3.63) is 57.0 Å². The number of likely N-dealkylation sites (tertiary alicyclic amines) is 1. The molecular formula is C23H28ClN3O3. The Morgan fingerprint density at radius 3 is 2.77 bits per heavy atom. The lowest BCUT2D eigenvalue weighted by atomic mass is 9.95. The molecule has 1 amide bonds. The van der Waals surface area contributed by atoms with Gasteiger partial charge in [-0.1, -0.05) is 17.7 Å². The van der Waals surface area contributed by atoms with Crippen LogP contribution in [0.4, 0.5) is 0 Å². The van der Waals surface area contributed by atoms with Crippen molar-refractivity contribution >= 4 is 17.5 Å². The Kier molecular flexibility index (Phi) is 6.42. The van der Waals surface area contributed by atoms with E-state index in [2.05, 4.69) is 5.10 Å². The van der Waals surface area contributed by atoms with Gasteiger partial charge in [0.05, 0.1) is 5.69 Å². The van der Waals surface area contributed by atoms with Gasteiger partial charge in [-0.25, -0.2) is 4.68 Å². The number of carbonyl (C=O) groups is 1. The highest BCUT2D eigenvalue weighted by Gasteiger charge is 2.28. The molecule has 6 nitrogen and oxygen atoms in total. The molecule has 160 valence electrons. The van der Waals surface area contributed by atoms with E-state index < -0.39 is 6.10 Å². The summed E-state index contributed by atoms with van der Waals surface area (Å²) in [5.41, 5.74) is 2.20. The standard InChI is InChI=1S/C23H28ClN3O3/c1-16(30-20-7-4-6-19(24)14-20)23(29)26-11-9-17(10-12-26)15-27-22(28)13-18-5-2-3-8-21(18)25-27/h4,6-7,13-14,16-17H,2-3,5,8-12,15H2,1H3. The van der Waals surface area contributed by atoms with Gasteiger partial charge in [-0.2, -0.15) is 5.10 Å². The van der Waals surface area contributed by atoms with Gasteiger partial charge < -0.3 is 9.64 Å². The first kappa shape index (κ1) is 20.9. The molecule has 4 rings (SSSR count). The van der Waals surface area contributed by atoms with E-state index in [9.17, 15) is 9.59 Å². The number of hydrogen-bond donors (Lipinski definition) is 0. The monoisotopic (exact) mass is 429 g/mol. The maximum absolute atomic E-state index is 12.8. The number of ether oxygens (including phenoxy) is 1. The van der Waals surface area contributed by atoms with Crippen molar-refractivity contribution in [1.29, 1.82) is 0 Å². The topological polar surface area (TPSA) is 64.4 Å². The molecule has 1 saturated heterocycles. The zero-order valence-electron chi connectivity index (χ0n) is 17.3. The van der Waals surface area contributed by atoms with Crippen LogP contribution in [0.1, 0.15) is 43.9 Å². The third-order valence-electron chi connectivity index (χ3n) is 6.09. The summed E-state index contributed by atoms with van der Waals surface area (Å²) >= 11 is 5.98. The zero-order chi connectivity index (χ0) is 21.1. The minimum Gasteiger partial charge on any atom is -0.481 e. The number of hydrogen-bond acceptors (Lipinski definition) is 4. The lowest BCUT2D eigenvalue weighted by Gasteiger charge is -2.33. The molecule has 1 aliphatic carbocycles. The second-order valence-corrected chi connectivity index (χ2v) is 8.77. The fourth-order valence-electron chi connectivity index (χ4n) is 4.36. The van der Waals surface area contributed by atoms with E-state index in [1.165, 1.54) is 0 Å². The number of aromatic nitrogens is 2. The highest BCUT2D eigenvalue weighted by atomic mass is 35.5. The Morgan fingerprint density at radius 2 is 2.00 bits per heavy atom. The van der Waals surface area contributed by atoms with Gasteiger partial charge in [0.25, 0.3) is 11.5 Å². The lowest BCUT2D eigenvalue weighted by molar-refractivity contribution is -0.139. The fraction of sp³-hybridized carbons (Fsp3) is 0.522. The van der Waals surface area contributed by atoms with Crippen molar-refractivity contribution in [3.63, 3.8) is 0 Å². The molecule has 0 N–H and O–H groups in total. The van der Waals surface area contributed by atoms with Gasteiger partial charge in [0, 0.05) is 30.7 Å². The maximum Gasteiger partial charge on any atom is 0.267 e. The smallest absolute Gasteiger partial charge is 0.267 e. The molecular weight excluding hydrogens is 402 g/mol. The van der Waals surface area contributed by atoms with Crippen LogP contribution in [-0.4, -0.2) is 39.8 Å². The molecule has 1 aliphatic heterocycles. The maximum atomic E-state index is 12.8. The summed E-state index contributed by atoms with van der Waals surface area (Å²) in [5, 5.41) is 5.22. The number of nitrogens with zero attached hydrogens (tertiary/aromatic N) is 3. The van der Waals surface area contributed by atoms with E-state index in [0.29, 0.717) is 36.3 Å². The number of carbonyl (C=O) groups excluding carboxylic acids is 1. The van der Waals surface area contributed by atoms with Crippen molar-refractivity contribution in [2.24, 2.45) is 5.92 Å². The number of rotatable bonds is 5. The van der Waals surface area contributed by atoms with Crippen LogP contribution in [0.3, 0.4) is 0 Å². The first-order valence-electron chi connectivity index (χ1n) is 10.8. The predicted molar refractivity (Wildman–Crippen MR) is 116 cm³/mol. The highest BCUT2D eigenvalue weighted by molar-refractivity contribution is 6.30. The first-order valence-corrected chi connectivity index (χ1v) is 11.2. The second-order valence-electron chi connectivity index (χ2n) is 8.33. The molecule has 0 bridgehead atoms. The Balaban J connectivity index is 1.31. The summed E-state index contributed by atoms with van der Waals surface area (Å²) < 4.78 is 7.41. The fourth-order valence-corrected chi connectivity index (χ4v) is 4.54. The molecule has 0 radical (unpaired) electrons. The van der Waals surface area contributed by atoms with Gasteiger partial charge in [0.1, 0.15) is 5.75 Å². The van der Waals surface area contributed by atoms with Gasteiger partial charge in [0.15, 0.2) is 6.10 Å². The molecule has 2 aliphatic rings. The molecule has 1 aromatic carbocycles. The van der Waals surface area contributed by atoms with Crippen molar-refractivity contribution in [3.8, 4) is 5.75 Å². The van der Waals surface area contributed by atoms with Crippen molar-refractivity contribution < 1.29 is 9.53 Å². The van der Waals surface area contributed by atoms with Crippen LogP contribution in [0.2, 0.25) is 5.02 Å². The molecule has 1 aromatic heterocycles. The summed E-state index contributed by atoms with van der Waals surface area (Å²) in [6.45, 7) is 3.74. The molecule has 0 spiro atoms. The molecule has 30 heavy (non-hydrogen) atoms. The van der Waals surface area contributed by atoms with Crippen molar-refractivity contribution in [1.82, 2.24) is 14.7 Å². The van der Waals surface area contributed by atoms with E-state index >= 15 is 0 Å². The normalized spacial score (nSPS) is 18.0. The molecule has 1 unspecified atom stereocenters. The number of piperidine rings is 1. The molecule has 2 aromatic rings. The van der Waals surface area contributed by atoms with E-state index in [-0.39, 0.29) is 11.5 Å². The minimum atomic E-state index is -0.565. The van der Waals surface area contributed by atoms with Gasteiger partial charge in [-0.15, -0.1) is 0 Å². The van der Waals surface area contributed by atoms with E-state index in [1.807, 2.05) is 4.90 Å². The Labute approximate surface area is 181 Å². The summed E-state index contributed by atoms with van der Waals surface area (Å²) in [4.78, 5) is 27.1. The van der Waals surface area contributed by atoms with Crippen LogP contribution in [0.15, 0.2) is 35.1 Å². The molecule has 2 heterocycles. The summed E-state index contributed by atoms with van der Waals surface area (Å²) in [5.74, 6) is 0.929. The Hall–Kier alpha value is -2.34. The minimum absolute atomic E-state index is 0.00213. The van der Waals surface area contributed by atoms with Gasteiger partial charge in [-0.05, 0) is 75.1 Å².